The van der Waals surface area contributed by atoms with E-state index in [1.54, 1.807) is 45.2 Å². The fraction of sp³-hybridized carbons (Fsp3) is 0.500. The molecular formula is C18H27N3O4. The van der Waals surface area contributed by atoms with E-state index in [0.29, 0.717) is 11.4 Å². The molecule has 0 saturated carbocycles. The minimum Gasteiger partial charge on any atom is -0.497 e. The van der Waals surface area contributed by atoms with Crippen molar-refractivity contribution in [3.63, 3.8) is 0 Å². The fourth-order valence-electron chi connectivity index (χ4n) is 2.12. The number of ether oxygens (including phenoxy) is 1. The number of hydrogen-bond acceptors (Lipinski definition) is 4. The van der Waals surface area contributed by atoms with E-state index in [0.717, 1.165) is 0 Å². The fourth-order valence-corrected chi connectivity index (χ4v) is 2.12. The lowest BCUT2D eigenvalue weighted by molar-refractivity contribution is -0.140. The molecule has 7 nitrogen and oxygen atoms in total. The van der Waals surface area contributed by atoms with Crippen molar-refractivity contribution in [2.24, 2.45) is 5.92 Å². The van der Waals surface area contributed by atoms with Crippen LogP contribution in [0.25, 0.3) is 0 Å². The maximum atomic E-state index is 12.1. The summed E-state index contributed by atoms with van der Waals surface area (Å²) in [6.07, 6.45) is 0. The van der Waals surface area contributed by atoms with Crippen LogP contribution in [0.5, 0.6) is 5.75 Å². The van der Waals surface area contributed by atoms with Gasteiger partial charge in [-0.1, -0.05) is 13.8 Å². The Morgan fingerprint density at radius 3 is 2.12 bits per heavy atom. The van der Waals surface area contributed by atoms with Gasteiger partial charge in [0.05, 0.1) is 20.2 Å². The number of carbonyl (C=O) groups excluding carboxylic acids is 3. The summed E-state index contributed by atoms with van der Waals surface area (Å²) in [6.45, 7) is 7.06. The van der Waals surface area contributed by atoms with Gasteiger partial charge in [0.2, 0.25) is 17.7 Å². The number of methoxy groups -OCH3 is 1. The Labute approximate surface area is 148 Å². The standard InChI is InChI=1S/C18H27N3O4/c1-12(2)18(24)21(13(3)4)11-17(23)19-10-16(22)20-14-6-8-15(25-5)9-7-14/h6-9,12-13H,10-11H2,1-5H3,(H,19,23)(H,20,22). The van der Waals surface area contributed by atoms with Crippen LogP contribution in [-0.2, 0) is 14.4 Å². The van der Waals surface area contributed by atoms with E-state index in [-0.39, 0.29) is 42.8 Å². The second-order valence-electron chi connectivity index (χ2n) is 6.27. The van der Waals surface area contributed by atoms with Crippen LogP contribution in [0.1, 0.15) is 27.7 Å². The van der Waals surface area contributed by atoms with Gasteiger partial charge in [-0.2, -0.15) is 0 Å². The Kier molecular flexibility index (Phi) is 7.91. The largest absolute Gasteiger partial charge is 0.497 e. The SMILES string of the molecule is COc1ccc(NC(=O)CNC(=O)CN(C(=O)C(C)C)C(C)C)cc1. The van der Waals surface area contributed by atoms with Crippen LogP contribution in [0.15, 0.2) is 24.3 Å². The van der Waals surface area contributed by atoms with Crippen LogP contribution in [0.2, 0.25) is 0 Å². The first-order valence-corrected chi connectivity index (χ1v) is 8.25. The van der Waals surface area contributed by atoms with Crippen molar-refractivity contribution < 1.29 is 19.1 Å². The summed E-state index contributed by atoms with van der Waals surface area (Å²) in [7, 11) is 1.56. The first kappa shape index (κ1) is 20.5. The molecule has 0 bridgehead atoms. The van der Waals surface area contributed by atoms with Crippen LogP contribution >= 0.6 is 0 Å². The predicted octanol–water partition coefficient (Wildman–Crippen LogP) is 1.64. The molecule has 138 valence electrons. The molecule has 3 amide bonds. The van der Waals surface area contributed by atoms with E-state index in [1.807, 2.05) is 13.8 Å². The highest BCUT2D eigenvalue weighted by Gasteiger charge is 2.22. The first-order chi connectivity index (χ1) is 11.7. The van der Waals surface area contributed by atoms with Crippen LogP contribution < -0.4 is 15.4 Å². The van der Waals surface area contributed by atoms with Gasteiger partial charge in [-0.05, 0) is 38.1 Å². The summed E-state index contributed by atoms with van der Waals surface area (Å²) < 4.78 is 5.04. The average Bonchev–Trinajstić information content (AvgIpc) is 2.57. The smallest absolute Gasteiger partial charge is 0.243 e. The number of anilines is 1. The molecule has 7 heteroatoms. The van der Waals surface area contributed by atoms with Gasteiger partial charge in [0.1, 0.15) is 5.75 Å². The molecule has 0 atom stereocenters. The van der Waals surface area contributed by atoms with Crippen molar-refractivity contribution >= 4 is 23.4 Å². The lowest BCUT2D eigenvalue weighted by Gasteiger charge is -2.27. The number of nitrogens with zero attached hydrogens (tertiary/aromatic N) is 1. The summed E-state index contributed by atoms with van der Waals surface area (Å²) in [5.41, 5.74) is 0.610. The van der Waals surface area contributed by atoms with Gasteiger partial charge < -0.3 is 20.3 Å². The molecule has 0 saturated heterocycles. The van der Waals surface area contributed by atoms with E-state index in [2.05, 4.69) is 10.6 Å². The lowest BCUT2D eigenvalue weighted by Crippen LogP contribution is -2.47. The number of carbonyl (C=O) groups is 3. The van der Waals surface area contributed by atoms with Crippen molar-refractivity contribution in [2.75, 3.05) is 25.5 Å². The molecule has 0 unspecified atom stereocenters. The van der Waals surface area contributed by atoms with Crippen molar-refractivity contribution in [1.29, 1.82) is 0 Å². The van der Waals surface area contributed by atoms with Gasteiger partial charge in [-0.3, -0.25) is 14.4 Å². The van der Waals surface area contributed by atoms with E-state index in [4.69, 9.17) is 4.74 Å². The van der Waals surface area contributed by atoms with Crippen molar-refractivity contribution in [3.05, 3.63) is 24.3 Å². The van der Waals surface area contributed by atoms with Crippen molar-refractivity contribution in [3.8, 4) is 5.75 Å². The molecular weight excluding hydrogens is 322 g/mol. The Balaban J connectivity index is 2.48. The number of amides is 3. The highest BCUT2D eigenvalue weighted by atomic mass is 16.5. The highest BCUT2D eigenvalue weighted by molar-refractivity contribution is 5.95. The topological polar surface area (TPSA) is 87.7 Å². The molecule has 0 spiro atoms. The quantitative estimate of drug-likeness (QED) is 0.747. The monoisotopic (exact) mass is 349 g/mol. The van der Waals surface area contributed by atoms with E-state index in [9.17, 15) is 14.4 Å². The Morgan fingerprint density at radius 1 is 1.04 bits per heavy atom. The number of hydrogen-bond donors (Lipinski definition) is 2. The van der Waals surface area contributed by atoms with Gasteiger partial charge in [0, 0.05) is 17.6 Å². The molecule has 0 aliphatic carbocycles. The molecule has 1 aromatic carbocycles. The third kappa shape index (κ3) is 6.82. The Morgan fingerprint density at radius 2 is 1.64 bits per heavy atom. The first-order valence-electron chi connectivity index (χ1n) is 8.25. The molecule has 0 fully saturated rings. The number of rotatable bonds is 8. The summed E-state index contributed by atoms with van der Waals surface area (Å²) in [6, 6.07) is 6.79. The minimum atomic E-state index is -0.368. The molecule has 1 aromatic rings. The molecule has 0 aromatic heterocycles. The third-order valence-electron chi connectivity index (χ3n) is 3.53. The summed E-state index contributed by atoms with van der Waals surface area (Å²) in [5, 5.41) is 5.21. The van der Waals surface area contributed by atoms with Crippen LogP contribution in [-0.4, -0.2) is 48.9 Å². The zero-order chi connectivity index (χ0) is 19.0. The van der Waals surface area contributed by atoms with Gasteiger partial charge in [0.25, 0.3) is 0 Å². The van der Waals surface area contributed by atoms with E-state index >= 15 is 0 Å². The van der Waals surface area contributed by atoms with E-state index in [1.165, 1.54) is 4.90 Å². The predicted molar refractivity (Wildman–Crippen MR) is 96.3 cm³/mol. The molecule has 2 N–H and O–H groups in total. The van der Waals surface area contributed by atoms with E-state index < -0.39 is 0 Å². The third-order valence-corrected chi connectivity index (χ3v) is 3.53. The van der Waals surface area contributed by atoms with Crippen molar-refractivity contribution in [2.45, 2.75) is 33.7 Å². The zero-order valence-electron chi connectivity index (χ0n) is 15.5. The van der Waals surface area contributed by atoms with Crippen LogP contribution in [0.3, 0.4) is 0 Å². The van der Waals surface area contributed by atoms with Crippen molar-refractivity contribution in [1.82, 2.24) is 10.2 Å². The van der Waals surface area contributed by atoms with Gasteiger partial charge in [0.15, 0.2) is 0 Å². The molecule has 1 rings (SSSR count). The molecule has 0 aliphatic rings. The van der Waals surface area contributed by atoms with Crippen LogP contribution in [0.4, 0.5) is 5.69 Å². The van der Waals surface area contributed by atoms with Gasteiger partial charge in [-0.25, -0.2) is 0 Å². The molecule has 0 aliphatic heterocycles. The summed E-state index contributed by atoms with van der Waals surface area (Å²) >= 11 is 0. The second-order valence-corrected chi connectivity index (χ2v) is 6.27. The highest BCUT2D eigenvalue weighted by Crippen LogP contribution is 2.14. The molecule has 0 heterocycles. The number of nitrogens with one attached hydrogen (secondary N) is 2. The summed E-state index contributed by atoms with van der Waals surface area (Å²) in [5.74, 6) is -0.298. The minimum absolute atomic E-state index is 0.0650. The maximum Gasteiger partial charge on any atom is 0.243 e. The Hall–Kier alpha value is -2.57. The number of benzene rings is 1. The summed E-state index contributed by atoms with van der Waals surface area (Å²) in [4.78, 5) is 37.5. The Bertz CT molecular complexity index is 597. The second kappa shape index (κ2) is 9.66. The zero-order valence-corrected chi connectivity index (χ0v) is 15.5. The van der Waals surface area contributed by atoms with Crippen LogP contribution in [0, 0.1) is 5.92 Å². The normalized spacial score (nSPS) is 10.5. The molecule has 25 heavy (non-hydrogen) atoms. The maximum absolute atomic E-state index is 12.1. The lowest BCUT2D eigenvalue weighted by atomic mass is 10.1. The van der Waals surface area contributed by atoms with Gasteiger partial charge >= 0.3 is 0 Å². The average molecular weight is 349 g/mol. The molecule has 0 radical (unpaired) electrons. The van der Waals surface area contributed by atoms with Gasteiger partial charge in [-0.15, -0.1) is 0 Å².